The van der Waals surface area contributed by atoms with Crippen molar-refractivity contribution in [2.24, 2.45) is 0 Å². The molecule has 4 rings (SSSR count). The molecule has 25 heavy (non-hydrogen) atoms. The molecule has 2 fully saturated rings. The fourth-order valence-electron chi connectivity index (χ4n) is 4.09. The Kier molecular flexibility index (Phi) is 5.34. The summed E-state index contributed by atoms with van der Waals surface area (Å²) in [5, 5.41) is 4.18. The Balaban J connectivity index is 0.000000569. The molecular weight excluding hydrogens is 318 g/mol. The lowest BCUT2D eigenvalue weighted by Gasteiger charge is -2.44. The second kappa shape index (κ2) is 7.49. The Morgan fingerprint density at radius 2 is 1.92 bits per heavy atom. The molecule has 0 saturated carbocycles. The molecule has 0 radical (unpaired) electrons. The van der Waals surface area contributed by atoms with Crippen LogP contribution >= 0.6 is 0 Å². The van der Waals surface area contributed by atoms with Gasteiger partial charge in [-0.25, -0.2) is 9.50 Å². The number of ether oxygens (including phenoxy) is 1. The molecule has 136 valence electrons. The Morgan fingerprint density at radius 1 is 1.20 bits per heavy atom. The summed E-state index contributed by atoms with van der Waals surface area (Å²) in [6.45, 7) is 3.24. The average Bonchev–Trinajstić information content (AvgIpc) is 3.23. The van der Waals surface area contributed by atoms with Gasteiger partial charge in [-0.05, 0) is 45.3 Å². The van der Waals surface area contributed by atoms with Crippen molar-refractivity contribution in [3.05, 3.63) is 24.2 Å². The van der Waals surface area contributed by atoms with Crippen molar-refractivity contribution < 1.29 is 9.53 Å². The van der Waals surface area contributed by atoms with Crippen molar-refractivity contribution in [1.29, 1.82) is 0 Å². The van der Waals surface area contributed by atoms with Gasteiger partial charge < -0.3 is 14.5 Å². The minimum absolute atomic E-state index is 0.392. The van der Waals surface area contributed by atoms with Crippen LogP contribution in [0, 0.1) is 0 Å². The predicted octanol–water partition coefficient (Wildman–Crippen LogP) is 1.87. The lowest BCUT2D eigenvalue weighted by Crippen LogP contribution is -2.50. The first-order valence-corrected chi connectivity index (χ1v) is 8.78. The van der Waals surface area contributed by atoms with Crippen molar-refractivity contribution in [3.63, 3.8) is 0 Å². The van der Waals surface area contributed by atoms with Crippen LogP contribution in [0.3, 0.4) is 0 Å². The molecule has 0 unspecified atom stereocenters. The summed E-state index contributed by atoms with van der Waals surface area (Å²) in [4.78, 5) is 20.4. The Labute approximate surface area is 148 Å². The van der Waals surface area contributed by atoms with Gasteiger partial charge in [-0.1, -0.05) is 0 Å². The number of nitrogens with zero attached hydrogens (tertiary/aromatic N) is 5. The van der Waals surface area contributed by atoms with Crippen LogP contribution in [-0.2, 0) is 4.74 Å². The van der Waals surface area contributed by atoms with Crippen LogP contribution in [0.2, 0.25) is 0 Å². The van der Waals surface area contributed by atoms with Crippen molar-refractivity contribution in [2.75, 3.05) is 45.8 Å². The summed E-state index contributed by atoms with van der Waals surface area (Å²) < 4.78 is 5.95. The van der Waals surface area contributed by atoms with Crippen LogP contribution in [-0.4, -0.2) is 72.2 Å². The minimum atomic E-state index is 0.392. The highest BCUT2D eigenvalue weighted by atomic mass is 16.4. The molecule has 0 N–H and O–H groups in total. The average molecular weight is 345 g/mol. The first-order valence-electron chi connectivity index (χ1n) is 8.78. The van der Waals surface area contributed by atoms with E-state index in [1.165, 1.54) is 32.2 Å². The molecule has 4 heterocycles. The molecule has 2 aliphatic rings. The number of aldehydes is 1. The third-order valence-electron chi connectivity index (χ3n) is 5.49. The lowest BCUT2D eigenvalue weighted by atomic mass is 9.85. The number of aromatic nitrogens is 3. The fourth-order valence-corrected chi connectivity index (χ4v) is 4.09. The van der Waals surface area contributed by atoms with E-state index in [1.54, 1.807) is 31.3 Å². The normalized spacial score (nSPS) is 19.9. The van der Waals surface area contributed by atoms with Crippen molar-refractivity contribution in [2.45, 2.75) is 31.2 Å². The Hall–Kier alpha value is -1.99. The van der Waals surface area contributed by atoms with Crippen LogP contribution in [0.5, 0.6) is 0 Å². The summed E-state index contributed by atoms with van der Waals surface area (Å²) in [6.07, 6.45) is 9.13. The molecule has 7 heteroatoms. The second-order valence-corrected chi connectivity index (χ2v) is 6.95. The summed E-state index contributed by atoms with van der Waals surface area (Å²) in [6, 6.07) is 1.94. The lowest BCUT2D eigenvalue weighted by molar-refractivity contribution is 0.112. The monoisotopic (exact) mass is 345 g/mol. The van der Waals surface area contributed by atoms with E-state index >= 15 is 0 Å². The third-order valence-corrected chi connectivity index (χ3v) is 5.49. The molecule has 2 aliphatic heterocycles. The van der Waals surface area contributed by atoms with Crippen molar-refractivity contribution in [3.8, 4) is 0 Å². The van der Waals surface area contributed by atoms with Crippen LogP contribution in [0.25, 0.3) is 5.65 Å². The SMILES string of the molecule is CN1CCCC12CCN(c1cc(C=O)cn3ncnc13)CC2.COC. The molecule has 2 aromatic rings. The summed E-state index contributed by atoms with van der Waals surface area (Å²) in [5.41, 5.74) is 2.90. The smallest absolute Gasteiger partial charge is 0.178 e. The maximum atomic E-state index is 11.2. The molecule has 1 spiro atoms. The van der Waals surface area contributed by atoms with Crippen LogP contribution in [0.4, 0.5) is 5.69 Å². The second-order valence-electron chi connectivity index (χ2n) is 6.95. The van der Waals surface area contributed by atoms with Gasteiger partial charge in [0.15, 0.2) is 11.9 Å². The zero-order valence-electron chi connectivity index (χ0n) is 15.3. The number of carbonyl (C=O) groups excluding carboxylic acids is 1. The quantitative estimate of drug-likeness (QED) is 0.775. The van der Waals surface area contributed by atoms with E-state index in [0.717, 1.165) is 30.7 Å². The third kappa shape index (κ3) is 3.39. The van der Waals surface area contributed by atoms with Crippen LogP contribution < -0.4 is 4.90 Å². The molecule has 2 saturated heterocycles. The summed E-state index contributed by atoms with van der Waals surface area (Å²) >= 11 is 0. The number of pyridine rings is 1. The highest BCUT2D eigenvalue weighted by Gasteiger charge is 2.41. The van der Waals surface area contributed by atoms with Gasteiger partial charge in [0.25, 0.3) is 0 Å². The Bertz CT molecular complexity index is 721. The van der Waals surface area contributed by atoms with E-state index < -0.39 is 0 Å². The number of piperidine rings is 1. The highest BCUT2D eigenvalue weighted by Crippen LogP contribution is 2.38. The van der Waals surface area contributed by atoms with Crippen LogP contribution in [0.1, 0.15) is 36.0 Å². The van der Waals surface area contributed by atoms with E-state index in [2.05, 4.69) is 31.7 Å². The number of anilines is 1. The van der Waals surface area contributed by atoms with E-state index in [-0.39, 0.29) is 0 Å². The molecule has 7 nitrogen and oxygen atoms in total. The summed E-state index contributed by atoms with van der Waals surface area (Å²) in [7, 11) is 5.51. The highest BCUT2D eigenvalue weighted by molar-refractivity contribution is 5.81. The van der Waals surface area contributed by atoms with Gasteiger partial charge in [-0.3, -0.25) is 4.79 Å². The topological polar surface area (TPSA) is 63.0 Å². The van der Waals surface area contributed by atoms with Crippen molar-refractivity contribution >= 4 is 17.6 Å². The minimum Gasteiger partial charge on any atom is -0.388 e. The molecule has 0 aromatic carbocycles. The number of hydrogen-bond acceptors (Lipinski definition) is 6. The van der Waals surface area contributed by atoms with Gasteiger partial charge in [0, 0.05) is 44.6 Å². The predicted molar refractivity (Wildman–Crippen MR) is 97.3 cm³/mol. The summed E-state index contributed by atoms with van der Waals surface area (Å²) in [5.74, 6) is 0. The first kappa shape index (κ1) is 17.8. The van der Waals surface area contributed by atoms with E-state index in [0.29, 0.717) is 11.1 Å². The number of likely N-dealkylation sites (tertiary alicyclic amines) is 1. The van der Waals surface area contributed by atoms with E-state index in [4.69, 9.17) is 0 Å². The Morgan fingerprint density at radius 3 is 2.52 bits per heavy atom. The largest absolute Gasteiger partial charge is 0.388 e. The van der Waals surface area contributed by atoms with E-state index in [1.807, 2.05) is 6.07 Å². The van der Waals surface area contributed by atoms with Crippen molar-refractivity contribution in [1.82, 2.24) is 19.5 Å². The zero-order valence-corrected chi connectivity index (χ0v) is 15.3. The van der Waals surface area contributed by atoms with Gasteiger partial charge in [0.1, 0.15) is 6.33 Å². The van der Waals surface area contributed by atoms with Gasteiger partial charge >= 0.3 is 0 Å². The molecule has 2 aromatic heterocycles. The first-order chi connectivity index (χ1) is 12.1. The fraction of sp³-hybridized carbons (Fsp3) is 0.611. The molecule has 0 bridgehead atoms. The zero-order chi connectivity index (χ0) is 17.9. The van der Waals surface area contributed by atoms with Gasteiger partial charge in [0.2, 0.25) is 0 Å². The van der Waals surface area contributed by atoms with Gasteiger partial charge in [-0.2, -0.15) is 5.10 Å². The number of carbonyl (C=O) groups is 1. The molecule has 0 amide bonds. The standard InChI is InChI=1S/C16H21N5O.C2H6O/c1-19-6-2-3-16(19)4-7-20(8-5-16)14-9-13(11-22)10-21-15(14)17-12-18-21;1-3-2/h9-12H,2-8H2,1H3;1-2H3. The number of hydrogen-bond donors (Lipinski definition) is 0. The van der Waals surface area contributed by atoms with E-state index in [9.17, 15) is 4.79 Å². The maximum Gasteiger partial charge on any atom is 0.178 e. The molecular formula is C18H27N5O2. The number of fused-ring (bicyclic) bond motifs is 1. The number of methoxy groups -OCH3 is 1. The van der Waals surface area contributed by atoms with Gasteiger partial charge in [0.05, 0.1) is 5.69 Å². The van der Waals surface area contributed by atoms with Crippen LogP contribution in [0.15, 0.2) is 18.6 Å². The molecule has 0 aliphatic carbocycles. The molecule has 0 atom stereocenters. The number of rotatable bonds is 2. The maximum absolute atomic E-state index is 11.2. The van der Waals surface area contributed by atoms with Gasteiger partial charge in [-0.15, -0.1) is 0 Å².